The lowest BCUT2D eigenvalue weighted by Crippen LogP contribution is -2.32. The highest BCUT2D eigenvalue weighted by Gasteiger charge is 2.16. The lowest BCUT2D eigenvalue weighted by atomic mass is 10.1. The molecule has 0 aliphatic heterocycles. The fourth-order valence-corrected chi connectivity index (χ4v) is 7.07. The second kappa shape index (κ2) is 11.7. The average molecular weight is 995 g/mol. The minimum absolute atomic E-state index is 0.247. The number of rotatable bonds is 7. The molecule has 0 saturated carbocycles. The molecule has 0 radical (unpaired) electrons. The van der Waals surface area contributed by atoms with Crippen LogP contribution in [0, 0.1) is 17.9 Å². The highest BCUT2D eigenvalue weighted by atomic mass is 127. The Balaban J connectivity index is 1.79. The van der Waals surface area contributed by atoms with Gasteiger partial charge in [-0.2, -0.15) is 0 Å². The van der Waals surface area contributed by atoms with Crippen LogP contribution in [0.2, 0.25) is 0 Å². The number of phenols is 1. The zero-order chi connectivity index (χ0) is 23.6. The standard InChI is InChI=1S/C21H14I5NO5/c22-12-6-10(1-2-18(12)31-11-7-13(23)19(28)14(24)8-11)32-20-15(25)3-9(4-16(20)26)5-17(27)21(29)30/h1-4,6-8,17,28H,5,27H2,(H,29,30)/t17-/m0/s1. The number of phenolic OH excluding ortho intramolecular Hbond substituents is 1. The van der Waals surface area contributed by atoms with Crippen LogP contribution in [0.1, 0.15) is 5.56 Å². The van der Waals surface area contributed by atoms with Gasteiger partial charge in [-0.05, 0) is 167 Å². The van der Waals surface area contributed by atoms with E-state index in [1.165, 1.54) is 0 Å². The third-order valence-electron chi connectivity index (χ3n) is 4.17. The van der Waals surface area contributed by atoms with Gasteiger partial charge < -0.3 is 25.4 Å². The average Bonchev–Trinajstić information content (AvgIpc) is 2.70. The second-order valence-corrected chi connectivity index (χ2v) is 12.4. The lowest BCUT2D eigenvalue weighted by molar-refractivity contribution is -0.138. The Morgan fingerprint density at radius 2 is 1.41 bits per heavy atom. The highest BCUT2D eigenvalue weighted by Crippen LogP contribution is 2.37. The summed E-state index contributed by atoms with van der Waals surface area (Å²) in [5, 5.41) is 19.0. The fourth-order valence-electron chi connectivity index (χ4n) is 2.64. The number of halogens is 5. The number of carboxylic acid groups (broad SMARTS) is 1. The van der Waals surface area contributed by atoms with Gasteiger partial charge in [0.15, 0.2) is 5.75 Å². The number of ether oxygens (including phenoxy) is 2. The molecule has 0 saturated heterocycles. The van der Waals surface area contributed by atoms with Crippen molar-refractivity contribution < 1.29 is 24.5 Å². The summed E-state index contributed by atoms with van der Waals surface area (Å²) in [4.78, 5) is 11.0. The van der Waals surface area contributed by atoms with Gasteiger partial charge in [-0.1, -0.05) is 0 Å². The fraction of sp³-hybridized carbons (Fsp3) is 0.0952. The van der Waals surface area contributed by atoms with E-state index in [4.69, 9.17) is 20.3 Å². The molecule has 168 valence electrons. The number of hydrogen-bond acceptors (Lipinski definition) is 5. The molecule has 3 rings (SSSR count). The number of benzene rings is 3. The predicted molar refractivity (Wildman–Crippen MR) is 164 cm³/mol. The first kappa shape index (κ1) is 26.7. The molecule has 32 heavy (non-hydrogen) atoms. The number of hydrogen-bond donors (Lipinski definition) is 3. The molecule has 0 heterocycles. The molecule has 0 fully saturated rings. The van der Waals surface area contributed by atoms with Crippen molar-refractivity contribution in [2.75, 3.05) is 0 Å². The Kier molecular flexibility index (Phi) is 9.79. The number of carbonyl (C=O) groups is 1. The lowest BCUT2D eigenvalue weighted by Gasteiger charge is -2.15. The van der Waals surface area contributed by atoms with E-state index >= 15 is 0 Å². The van der Waals surface area contributed by atoms with Crippen LogP contribution in [0.4, 0.5) is 0 Å². The Morgan fingerprint density at radius 1 is 0.844 bits per heavy atom. The minimum Gasteiger partial charge on any atom is -0.506 e. The van der Waals surface area contributed by atoms with Crippen LogP contribution in [0.25, 0.3) is 0 Å². The molecule has 0 aromatic heterocycles. The van der Waals surface area contributed by atoms with Crippen molar-refractivity contribution >= 4 is 119 Å². The van der Waals surface area contributed by atoms with Crippen molar-refractivity contribution in [3.8, 4) is 28.7 Å². The first-order valence-electron chi connectivity index (χ1n) is 8.84. The van der Waals surface area contributed by atoms with Gasteiger partial charge in [0.25, 0.3) is 0 Å². The second-order valence-electron chi connectivity index (χ2n) is 6.57. The molecule has 0 bridgehead atoms. The topological polar surface area (TPSA) is 102 Å². The van der Waals surface area contributed by atoms with Crippen molar-refractivity contribution in [3.63, 3.8) is 0 Å². The summed E-state index contributed by atoms with van der Waals surface area (Å²) in [7, 11) is 0. The number of carboxylic acids is 1. The highest BCUT2D eigenvalue weighted by molar-refractivity contribution is 14.1. The molecular weight excluding hydrogens is 981 g/mol. The third-order valence-corrected chi connectivity index (χ3v) is 8.26. The summed E-state index contributed by atoms with van der Waals surface area (Å²) in [6.45, 7) is 0. The Bertz CT molecular complexity index is 1140. The van der Waals surface area contributed by atoms with E-state index in [1.54, 1.807) is 12.1 Å². The summed E-state index contributed by atoms with van der Waals surface area (Å²) in [6, 6.07) is 11.9. The van der Waals surface area contributed by atoms with Gasteiger partial charge in [0.2, 0.25) is 0 Å². The first-order valence-corrected chi connectivity index (χ1v) is 14.2. The van der Waals surface area contributed by atoms with Gasteiger partial charge in [0.05, 0.1) is 17.9 Å². The molecule has 11 heteroatoms. The molecule has 0 unspecified atom stereocenters. The SMILES string of the molecule is N[C@@H](Cc1cc(I)c(Oc2ccc(Oc3cc(I)c(O)c(I)c3)c(I)c2)c(I)c1)C(=O)O. The molecule has 4 N–H and O–H groups in total. The predicted octanol–water partition coefficient (Wildman–Crippen LogP) is 6.95. The summed E-state index contributed by atoms with van der Waals surface area (Å²) in [5.74, 6) is 1.90. The molecule has 6 nitrogen and oxygen atoms in total. The van der Waals surface area contributed by atoms with Gasteiger partial charge in [-0.15, -0.1) is 0 Å². The monoisotopic (exact) mass is 995 g/mol. The van der Waals surface area contributed by atoms with Crippen molar-refractivity contribution in [1.82, 2.24) is 0 Å². The third kappa shape index (κ3) is 6.85. The zero-order valence-corrected chi connectivity index (χ0v) is 26.7. The van der Waals surface area contributed by atoms with E-state index < -0.39 is 12.0 Å². The molecule has 0 aliphatic rings. The van der Waals surface area contributed by atoms with Crippen molar-refractivity contribution in [2.45, 2.75) is 12.5 Å². The molecule has 0 amide bonds. The summed E-state index contributed by atoms with van der Waals surface area (Å²) >= 11 is 10.7. The van der Waals surface area contributed by atoms with Crippen LogP contribution < -0.4 is 15.2 Å². The number of nitrogens with two attached hydrogens (primary N) is 1. The summed E-state index contributed by atoms with van der Waals surface area (Å²) in [5.41, 5.74) is 6.50. The molecular formula is C21H14I5NO5. The van der Waals surface area contributed by atoms with E-state index in [9.17, 15) is 9.90 Å². The van der Waals surface area contributed by atoms with Gasteiger partial charge in [0, 0.05) is 0 Å². The van der Waals surface area contributed by atoms with Gasteiger partial charge in [-0.3, -0.25) is 4.79 Å². The Labute approximate surface area is 252 Å². The number of aliphatic carboxylic acids is 1. The maximum absolute atomic E-state index is 11.0. The van der Waals surface area contributed by atoms with E-state index in [0.717, 1.165) is 23.4 Å². The van der Waals surface area contributed by atoms with E-state index in [1.807, 2.05) is 30.3 Å². The Hall–Kier alpha value is 0.140. The van der Waals surface area contributed by atoms with Crippen LogP contribution in [0.3, 0.4) is 0 Å². The van der Waals surface area contributed by atoms with Crippen LogP contribution in [-0.2, 0) is 11.2 Å². The van der Waals surface area contributed by atoms with Crippen LogP contribution in [0.5, 0.6) is 28.7 Å². The van der Waals surface area contributed by atoms with Crippen LogP contribution >= 0.6 is 113 Å². The summed E-state index contributed by atoms with van der Waals surface area (Å²) in [6.07, 6.45) is 0.251. The van der Waals surface area contributed by atoms with Gasteiger partial charge >= 0.3 is 5.97 Å². The largest absolute Gasteiger partial charge is 0.506 e. The van der Waals surface area contributed by atoms with E-state index in [0.29, 0.717) is 23.0 Å². The first-order chi connectivity index (χ1) is 15.0. The molecule has 1 atom stereocenters. The molecule has 0 aliphatic carbocycles. The quantitative estimate of drug-likeness (QED) is 0.222. The van der Waals surface area contributed by atoms with Gasteiger partial charge in [0.1, 0.15) is 29.0 Å². The minimum atomic E-state index is -1.02. The van der Waals surface area contributed by atoms with E-state index in [-0.39, 0.29) is 12.2 Å². The molecule has 3 aromatic carbocycles. The maximum atomic E-state index is 11.0. The smallest absolute Gasteiger partial charge is 0.320 e. The zero-order valence-electron chi connectivity index (χ0n) is 15.9. The van der Waals surface area contributed by atoms with Crippen LogP contribution in [-0.4, -0.2) is 22.2 Å². The van der Waals surface area contributed by atoms with Crippen molar-refractivity contribution in [1.29, 1.82) is 0 Å². The van der Waals surface area contributed by atoms with Crippen molar-refractivity contribution in [2.24, 2.45) is 5.73 Å². The van der Waals surface area contributed by atoms with Crippen LogP contribution in [0.15, 0.2) is 42.5 Å². The summed E-state index contributed by atoms with van der Waals surface area (Å²) < 4.78 is 16.2. The van der Waals surface area contributed by atoms with E-state index in [2.05, 4.69) is 113 Å². The molecule has 0 spiro atoms. The maximum Gasteiger partial charge on any atom is 0.320 e. The normalized spacial score (nSPS) is 11.8. The van der Waals surface area contributed by atoms with Gasteiger partial charge in [-0.25, -0.2) is 0 Å². The van der Waals surface area contributed by atoms with Crippen molar-refractivity contribution in [3.05, 3.63) is 65.9 Å². The molecule has 3 aromatic rings. The Morgan fingerprint density at radius 3 is 1.94 bits per heavy atom. The number of aromatic hydroxyl groups is 1.